The first-order valence-electron chi connectivity index (χ1n) is 11.4. The molecule has 0 spiro atoms. The van der Waals surface area contributed by atoms with Crippen molar-refractivity contribution in [2.45, 2.75) is 6.92 Å². The highest BCUT2D eigenvalue weighted by molar-refractivity contribution is 6.39. The molecule has 38 heavy (non-hydrogen) atoms. The lowest BCUT2D eigenvalue weighted by molar-refractivity contribution is -0.122. The van der Waals surface area contributed by atoms with Gasteiger partial charge in [0, 0.05) is 0 Å². The molecule has 0 saturated carbocycles. The zero-order valence-electron chi connectivity index (χ0n) is 20.1. The Morgan fingerprint density at radius 2 is 1.76 bits per heavy atom. The number of nitrogens with zero attached hydrogens (tertiary/aromatic N) is 1. The molecule has 0 bridgehead atoms. The van der Waals surface area contributed by atoms with Crippen molar-refractivity contribution >= 4 is 52.8 Å². The van der Waals surface area contributed by atoms with Crippen LogP contribution in [-0.4, -0.2) is 42.1 Å². The monoisotopic (exact) mass is 535 g/mol. The zero-order valence-corrected chi connectivity index (χ0v) is 20.8. The highest BCUT2D eigenvalue weighted by Gasteiger charge is 2.36. The van der Waals surface area contributed by atoms with Crippen LogP contribution in [0, 0.1) is 0 Å². The third-order valence-electron chi connectivity index (χ3n) is 5.29. The quantitative estimate of drug-likeness (QED) is 0.291. The lowest BCUT2D eigenvalue weighted by Gasteiger charge is -2.26. The van der Waals surface area contributed by atoms with Crippen LogP contribution in [-0.2, 0) is 14.4 Å². The fraction of sp³-hybridized carbons (Fsp3) is 0.111. The standard InChI is InChI=1S/C27H22ClN3O7/c1-2-37-23-14-16(7-12-22(23)38-15-24(33)29-21-6-4-3-5-20(21)28)13-19-25(34)30-27(36)31(26(19)35)17-8-10-18(32)11-9-17/h3-14,32H,2,15H2,1H3,(H,29,33)(H,30,34,36)/b19-13-. The van der Waals surface area contributed by atoms with E-state index in [1.165, 1.54) is 36.4 Å². The van der Waals surface area contributed by atoms with Crippen LogP contribution in [0.4, 0.5) is 16.2 Å². The Kier molecular flexibility index (Phi) is 7.93. The van der Waals surface area contributed by atoms with Crippen LogP contribution in [0.2, 0.25) is 5.02 Å². The second kappa shape index (κ2) is 11.5. The predicted molar refractivity (Wildman–Crippen MR) is 140 cm³/mol. The number of carbonyl (C=O) groups is 4. The van der Waals surface area contributed by atoms with Gasteiger partial charge in [-0.15, -0.1) is 0 Å². The molecule has 0 radical (unpaired) electrons. The third kappa shape index (κ3) is 5.93. The minimum atomic E-state index is -0.906. The minimum absolute atomic E-state index is 0.0439. The molecule has 1 fully saturated rings. The number of halogens is 1. The lowest BCUT2D eigenvalue weighted by atomic mass is 10.1. The van der Waals surface area contributed by atoms with Crippen molar-refractivity contribution in [2.75, 3.05) is 23.4 Å². The van der Waals surface area contributed by atoms with E-state index in [0.717, 1.165) is 4.90 Å². The topological polar surface area (TPSA) is 134 Å². The molecule has 4 rings (SSSR count). The van der Waals surface area contributed by atoms with E-state index < -0.39 is 23.8 Å². The Morgan fingerprint density at radius 1 is 1.03 bits per heavy atom. The SMILES string of the molecule is CCOc1cc(/C=C2/C(=O)NC(=O)N(c3ccc(O)cc3)C2=O)ccc1OCC(=O)Nc1ccccc1Cl. The Morgan fingerprint density at radius 3 is 2.47 bits per heavy atom. The maximum atomic E-state index is 13.1. The zero-order chi connectivity index (χ0) is 27.2. The Balaban J connectivity index is 1.53. The number of hydrogen-bond donors (Lipinski definition) is 3. The number of urea groups is 1. The number of barbiturate groups is 1. The summed E-state index contributed by atoms with van der Waals surface area (Å²) in [6, 6.07) is 15.9. The van der Waals surface area contributed by atoms with Crippen molar-refractivity contribution in [3.8, 4) is 17.2 Å². The molecule has 0 aromatic heterocycles. The minimum Gasteiger partial charge on any atom is -0.508 e. The molecule has 1 saturated heterocycles. The molecule has 11 heteroatoms. The highest BCUT2D eigenvalue weighted by atomic mass is 35.5. The Hall–Kier alpha value is -4.83. The number of carbonyl (C=O) groups excluding carboxylic acids is 4. The van der Waals surface area contributed by atoms with E-state index in [0.29, 0.717) is 16.3 Å². The van der Waals surface area contributed by atoms with E-state index in [1.807, 2.05) is 0 Å². The fourth-order valence-corrected chi connectivity index (χ4v) is 3.74. The van der Waals surface area contributed by atoms with Crippen LogP contribution in [0.25, 0.3) is 6.08 Å². The van der Waals surface area contributed by atoms with Gasteiger partial charge in [-0.2, -0.15) is 0 Å². The van der Waals surface area contributed by atoms with Gasteiger partial charge in [-0.05, 0) is 67.1 Å². The van der Waals surface area contributed by atoms with E-state index in [-0.39, 0.29) is 41.7 Å². The molecule has 5 amide bonds. The first-order chi connectivity index (χ1) is 18.3. The lowest BCUT2D eigenvalue weighted by Crippen LogP contribution is -2.54. The molecular weight excluding hydrogens is 514 g/mol. The van der Waals surface area contributed by atoms with Gasteiger partial charge in [-0.1, -0.05) is 29.8 Å². The number of para-hydroxylation sites is 1. The molecule has 1 aliphatic rings. The molecule has 194 valence electrons. The van der Waals surface area contributed by atoms with Crippen molar-refractivity contribution in [3.05, 3.63) is 82.9 Å². The number of nitrogens with one attached hydrogen (secondary N) is 2. The van der Waals surface area contributed by atoms with Crippen molar-refractivity contribution in [1.82, 2.24) is 5.32 Å². The van der Waals surface area contributed by atoms with Gasteiger partial charge >= 0.3 is 6.03 Å². The second-order valence-electron chi connectivity index (χ2n) is 7.93. The average molecular weight is 536 g/mol. The molecule has 0 unspecified atom stereocenters. The molecule has 3 N–H and O–H groups in total. The van der Waals surface area contributed by atoms with Gasteiger partial charge in [-0.25, -0.2) is 9.69 Å². The normalized spacial score (nSPS) is 14.3. The number of hydrogen-bond acceptors (Lipinski definition) is 7. The van der Waals surface area contributed by atoms with Crippen LogP contribution in [0.1, 0.15) is 12.5 Å². The van der Waals surface area contributed by atoms with Gasteiger partial charge in [0.05, 0.1) is 23.0 Å². The number of imide groups is 2. The van der Waals surface area contributed by atoms with Gasteiger partial charge in [-0.3, -0.25) is 19.7 Å². The fourth-order valence-electron chi connectivity index (χ4n) is 3.55. The van der Waals surface area contributed by atoms with E-state index in [1.54, 1.807) is 43.3 Å². The summed E-state index contributed by atoms with van der Waals surface area (Å²) < 4.78 is 11.3. The van der Waals surface area contributed by atoms with E-state index in [4.69, 9.17) is 21.1 Å². The van der Waals surface area contributed by atoms with Crippen LogP contribution >= 0.6 is 11.6 Å². The number of benzene rings is 3. The molecule has 1 aliphatic heterocycles. The smallest absolute Gasteiger partial charge is 0.335 e. The van der Waals surface area contributed by atoms with Crippen LogP contribution in [0.5, 0.6) is 17.2 Å². The summed E-state index contributed by atoms with van der Waals surface area (Å²) in [7, 11) is 0. The summed E-state index contributed by atoms with van der Waals surface area (Å²) >= 11 is 6.06. The summed E-state index contributed by atoms with van der Waals surface area (Å²) in [6.45, 7) is 1.72. The summed E-state index contributed by atoms with van der Waals surface area (Å²) in [5.74, 6) is -1.62. The number of ether oxygens (including phenoxy) is 2. The molecule has 0 aliphatic carbocycles. The van der Waals surface area contributed by atoms with Crippen LogP contribution in [0.3, 0.4) is 0 Å². The largest absolute Gasteiger partial charge is 0.508 e. The first-order valence-corrected chi connectivity index (χ1v) is 11.8. The predicted octanol–water partition coefficient (Wildman–Crippen LogP) is 4.13. The average Bonchev–Trinajstić information content (AvgIpc) is 2.88. The number of amides is 5. The number of rotatable bonds is 8. The Bertz CT molecular complexity index is 1440. The molecular formula is C27H22ClN3O7. The molecule has 0 atom stereocenters. The molecule has 3 aromatic carbocycles. The van der Waals surface area contributed by atoms with Crippen molar-refractivity contribution in [1.29, 1.82) is 0 Å². The second-order valence-corrected chi connectivity index (χ2v) is 8.34. The summed E-state index contributed by atoms with van der Waals surface area (Å²) in [4.78, 5) is 51.0. The number of phenols is 1. The maximum Gasteiger partial charge on any atom is 0.335 e. The number of aromatic hydroxyl groups is 1. The van der Waals surface area contributed by atoms with Crippen LogP contribution in [0.15, 0.2) is 72.3 Å². The third-order valence-corrected chi connectivity index (χ3v) is 5.62. The maximum absolute atomic E-state index is 13.1. The molecule has 1 heterocycles. The summed E-state index contributed by atoms with van der Waals surface area (Å²) in [6.07, 6.45) is 1.31. The van der Waals surface area contributed by atoms with Gasteiger partial charge in [0.15, 0.2) is 18.1 Å². The van der Waals surface area contributed by atoms with Gasteiger partial charge in [0.2, 0.25) is 0 Å². The Labute approximate surface area is 222 Å². The number of phenolic OH excluding ortho intramolecular Hbond substituents is 1. The van der Waals surface area contributed by atoms with Crippen LogP contribution < -0.4 is 25.0 Å². The van der Waals surface area contributed by atoms with E-state index >= 15 is 0 Å². The summed E-state index contributed by atoms with van der Waals surface area (Å²) in [5.41, 5.74) is 0.760. The van der Waals surface area contributed by atoms with E-state index in [9.17, 15) is 24.3 Å². The van der Waals surface area contributed by atoms with Gasteiger partial charge in [0.25, 0.3) is 17.7 Å². The van der Waals surface area contributed by atoms with Crippen molar-refractivity contribution in [3.63, 3.8) is 0 Å². The van der Waals surface area contributed by atoms with Crippen molar-refractivity contribution in [2.24, 2.45) is 0 Å². The van der Waals surface area contributed by atoms with Gasteiger partial charge < -0.3 is 19.9 Å². The van der Waals surface area contributed by atoms with Crippen molar-refractivity contribution < 1.29 is 33.8 Å². The summed E-state index contributed by atoms with van der Waals surface area (Å²) in [5, 5.41) is 14.7. The van der Waals surface area contributed by atoms with Gasteiger partial charge in [0.1, 0.15) is 11.3 Å². The van der Waals surface area contributed by atoms with E-state index in [2.05, 4.69) is 10.6 Å². The first kappa shape index (κ1) is 26.2. The molecule has 10 nitrogen and oxygen atoms in total. The number of anilines is 2. The molecule has 3 aromatic rings. The highest BCUT2D eigenvalue weighted by Crippen LogP contribution is 2.31.